The fourth-order valence-electron chi connectivity index (χ4n) is 3.07. The highest BCUT2D eigenvalue weighted by Crippen LogP contribution is 2.26. The minimum Gasteiger partial charge on any atom is -0.497 e. The molecular formula is C19H30N2O2. The van der Waals surface area contributed by atoms with Crippen molar-refractivity contribution in [2.75, 3.05) is 26.7 Å². The standard InChI is InChI=1S/C19H30N2O2/c1-4-15(2)19(22)20-14-18(21-12-6-5-7-13-21)16-8-10-17(23-3)11-9-16/h8-11,15,18H,4-7,12-14H2,1-3H3,(H,20,22). The third kappa shape index (κ3) is 4.96. The van der Waals surface area contributed by atoms with Gasteiger partial charge in [-0.15, -0.1) is 0 Å². The minimum atomic E-state index is 0.0767. The van der Waals surface area contributed by atoms with Crippen LogP contribution in [0.2, 0.25) is 0 Å². The van der Waals surface area contributed by atoms with Crippen molar-refractivity contribution in [3.05, 3.63) is 29.8 Å². The largest absolute Gasteiger partial charge is 0.497 e. The number of carbonyl (C=O) groups excluding carboxylic acids is 1. The maximum atomic E-state index is 12.1. The lowest BCUT2D eigenvalue weighted by Crippen LogP contribution is -2.41. The Bertz CT molecular complexity index is 481. The zero-order valence-electron chi connectivity index (χ0n) is 14.7. The van der Waals surface area contributed by atoms with Gasteiger partial charge in [0, 0.05) is 12.5 Å². The number of piperidine rings is 1. The molecule has 1 aliphatic rings. The van der Waals surface area contributed by atoms with E-state index in [2.05, 4.69) is 29.3 Å². The second-order valence-electron chi connectivity index (χ2n) is 6.44. The van der Waals surface area contributed by atoms with Gasteiger partial charge in [0.25, 0.3) is 0 Å². The topological polar surface area (TPSA) is 41.6 Å². The number of nitrogens with zero attached hydrogens (tertiary/aromatic N) is 1. The molecule has 1 heterocycles. The first-order chi connectivity index (χ1) is 11.2. The number of likely N-dealkylation sites (tertiary alicyclic amines) is 1. The van der Waals surface area contributed by atoms with Gasteiger partial charge < -0.3 is 10.1 Å². The van der Waals surface area contributed by atoms with E-state index < -0.39 is 0 Å². The van der Waals surface area contributed by atoms with Gasteiger partial charge in [-0.1, -0.05) is 32.4 Å². The summed E-state index contributed by atoms with van der Waals surface area (Å²) in [5.74, 6) is 1.10. The number of benzene rings is 1. The van der Waals surface area contributed by atoms with Gasteiger partial charge in [-0.3, -0.25) is 9.69 Å². The molecule has 0 spiro atoms. The maximum Gasteiger partial charge on any atom is 0.222 e. The summed E-state index contributed by atoms with van der Waals surface area (Å²) in [5, 5.41) is 3.15. The van der Waals surface area contributed by atoms with Gasteiger partial charge in [-0.25, -0.2) is 0 Å². The number of nitrogens with one attached hydrogen (secondary N) is 1. The molecule has 1 saturated heterocycles. The molecule has 1 N–H and O–H groups in total. The summed E-state index contributed by atoms with van der Waals surface area (Å²) in [6.45, 7) is 6.93. The van der Waals surface area contributed by atoms with Crippen LogP contribution in [0.3, 0.4) is 0 Å². The summed E-state index contributed by atoms with van der Waals surface area (Å²) in [5.41, 5.74) is 1.25. The first-order valence-electron chi connectivity index (χ1n) is 8.81. The molecule has 0 radical (unpaired) electrons. The molecule has 1 fully saturated rings. The van der Waals surface area contributed by atoms with Crippen LogP contribution in [0.4, 0.5) is 0 Å². The molecule has 0 aromatic heterocycles. The van der Waals surface area contributed by atoms with Crippen molar-refractivity contribution >= 4 is 5.91 Å². The maximum absolute atomic E-state index is 12.1. The molecule has 0 aliphatic carbocycles. The van der Waals surface area contributed by atoms with Gasteiger partial charge in [0.2, 0.25) is 5.91 Å². The molecule has 0 bridgehead atoms. The summed E-state index contributed by atoms with van der Waals surface area (Å²) < 4.78 is 5.26. The molecule has 1 aromatic rings. The number of rotatable bonds is 7. The van der Waals surface area contributed by atoms with E-state index in [1.165, 1.54) is 24.8 Å². The number of methoxy groups -OCH3 is 1. The van der Waals surface area contributed by atoms with Crippen molar-refractivity contribution in [3.8, 4) is 5.75 Å². The van der Waals surface area contributed by atoms with Crippen LogP contribution < -0.4 is 10.1 Å². The van der Waals surface area contributed by atoms with Crippen molar-refractivity contribution in [3.63, 3.8) is 0 Å². The molecular weight excluding hydrogens is 288 g/mol. The predicted molar refractivity (Wildman–Crippen MR) is 93.6 cm³/mol. The van der Waals surface area contributed by atoms with Gasteiger partial charge in [0.05, 0.1) is 13.2 Å². The highest BCUT2D eigenvalue weighted by atomic mass is 16.5. The Morgan fingerprint density at radius 3 is 2.43 bits per heavy atom. The van der Waals surface area contributed by atoms with Crippen LogP contribution in [0.25, 0.3) is 0 Å². The average molecular weight is 318 g/mol. The van der Waals surface area contributed by atoms with Crippen molar-refractivity contribution in [2.45, 2.75) is 45.6 Å². The van der Waals surface area contributed by atoms with E-state index in [4.69, 9.17) is 4.74 Å². The van der Waals surface area contributed by atoms with Crippen LogP contribution in [0, 0.1) is 5.92 Å². The van der Waals surface area contributed by atoms with Crippen LogP contribution in [-0.4, -0.2) is 37.6 Å². The van der Waals surface area contributed by atoms with E-state index in [-0.39, 0.29) is 17.9 Å². The summed E-state index contributed by atoms with van der Waals surface area (Å²) in [7, 11) is 1.68. The third-order valence-corrected chi connectivity index (χ3v) is 4.86. The van der Waals surface area contributed by atoms with Crippen LogP contribution >= 0.6 is 0 Å². The van der Waals surface area contributed by atoms with E-state index in [9.17, 15) is 4.79 Å². The van der Waals surface area contributed by atoms with E-state index in [0.29, 0.717) is 6.54 Å². The zero-order valence-corrected chi connectivity index (χ0v) is 14.7. The highest BCUT2D eigenvalue weighted by Gasteiger charge is 2.23. The van der Waals surface area contributed by atoms with Crippen LogP contribution in [0.15, 0.2) is 24.3 Å². The van der Waals surface area contributed by atoms with Crippen molar-refractivity contribution in [1.29, 1.82) is 0 Å². The molecule has 0 saturated carbocycles. The Hall–Kier alpha value is -1.55. The first kappa shape index (κ1) is 17.8. The van der Waals surface area contributed by atoms with E-state index in [1.807, 2.05) is 19.1 Å². The van der Waals surface area contributed by atoms with Gasteiger partial charge in [-0.05, 0) is 50.0 Å². The van der Waals surface area contributed by atoms with Gasteiger partial charge in [0.15, 0.2) is 0 Å². The van der Waals surface area contributed by atoms with Crippen molar-refractivity contribution < 1.29 is 9.53 Å². The van der Waals surface area contributed by atoms with Crippen molar-refractivity contribution in [1.82, 2.24) is 10.2 Å². The van der Waals surface area contributed by atoms with E-state index in [0.717, 1.165) is 25.3 Å². The Morgan fingerprint density at radius 1 is 1.22 bits per heavy atom. The molecule has 4 heteroatoms. The Labute approximate surface area is 140 Å². The minimum absolute atomic E-state index is 0.0767. The smallest absolute Gasteiger partial charge is 0.222 e. The second kappa shape index (κ2) is 8.92. The second-order valence-corrected chi connectivity index (χ2v) is 6.44. The molecule has 2 atom stereocenters. The molecule has 1 amide bonds. The zero-order chi connectivity index (χ0) is 16.7. The first-order valence-corrected chi connectivity index (χ1v) is 8.81. The molecule has 2 unspecified atom stereocenters. The average Bonchev–Trinajstić information content (AvgIpc) is 2.62. The molecule has 1 aliphatic heterocycles. The quantitative estimate of drug-likeness (QED) is 0.838. The summed E-state index contributed by atoms with van der Waals surface area (Å²) >= 11 is 0. The predicted octanol–water partition coefficient (Wildman–Crippen LogP) is 3.38. The lowest BCUT2D eigenvalue weighted by Gasteiger charge is -2.35. The molecule has 4 nitrogen and oxygen atoms in total. The molecule has 2 rings (SSSR count). The van der Waals surface area contributed by atoms with Crippen LogP contribution in [0.5, 0.6) is 5.75 Å². The number of hydrogen-bond donors (Lipinski definition) is 1. The van der Waals surface area contributed by atoms with Crippen LogP contribution in [0.1, 0.15) is 51.1 Å². The lowest BCUT2D eigenvalue weighted by molar-refractivity contribution is -0.124. The normalized spacial score (nSPS) is 18.2. The number of ether oxygens (including phenoxy) is 1. The highest BCUT2D eigenvalue weighted by molar-refractivity contribution is 5.78. The molecule has 1 aromatic carbocycles. The fourth-order valence-corrected chi connectivity index (χ4v) is 3.07. The monoisotopic (exact) mass is 318 g/mol. The summed E-state index contributed by atoms with van der Waals surface area (Å²) in [6, 6.07) is 8.49. The van der Waals surface area contributed by atoms with E-state index in [1.54, 1.807) is 7.11 Å². The SMILES string of the molecule is CCC(C)C(=O)NCC(c1ccc(OC)cc1)N1CCCCC1. The Kier molecular flexibility index (Phi) is 6.90. The molecule has 23 heavy (non-hydrogen) atoms. The summed E-state index contributed by atoms with van der Waals surface area (Å²) in [4.78, 5) is 14.6. The Balaban J connectivity index is 2.08. The van der Waals surface area contributed by atoms with Gasteiger partial charge >= 0.3 is 0 Å². The van der Waals surface area contributed by atoms with Crippen molar-refractivity contribution in [2.24, 2.45) is 5.92 Å². The number of carbonyl (C=O) groups is 1. The summed E-state index contributed by atoms with van der Waals surface area (Å²) in [6.07, 6.45) is 4.67. The van der Waals surface area contributed by atoms with Crippen LogP contribution in [-0.2, 0) is 4.79 Å². The number of hydrogen-bond acceptors (Lipinski definition) is 3. The Morgan fingerprint density at radius 2 is 1.87 bits per heavy atom. The molecule has 128 valence electrons. The number of amides is 1. The van der Waals surface area contributed by atoms with Gasteiger partial charge in [-0.2, -0.15) is 0 Å². The third-order valence-electron chi connectivity index (χ3n) is 4.86. The van der Waals surface area contributed by atoms with E-state index >= 15 is 0 Å². The fraction of sp³-hybridized carbons (Fsp3) is 0.632. The lowest BCUT2D eigenvalue weighted by atomic mass is 10.0. The van der Waals surface area contributed by atoms with Gasteiger partial charge in [0.1, 0.15) is 5.75 Å².